The Hall–Kier alpha value is -1.95. The molecule has 1 fully saturated rings. The third-order valence-corrected chi connectivity index (χ3v) is 4.74. The van der Waals surface area contributed by atoms with E-state index >= 15 is 0 Å². The van der Waals surface area contributed by atoms with Crippen molar-refractivity contribution < 1.29 is 9.90 Å². The minimum Gasteiger partial charge on any atom is -0.391 e. The second kappa shape index (κ2) is 6.09. The Labute approximate surface area is 148 Å². The molecule has 6 nitrogen and oxygen atoms in total. The van der Waals surface area contributed by atoms with E-state index in [2.05, 4.69) is 39.7 Å². The Morgan fingerprint density at radius 2 is 2.04 bits per heavy atom. The van der Waals surface area contributed by atoms with E-state index in [9.17, 15) is 9.90 Å². The summed E-state index contributed by atoms with van der Waals surface area (Å²) in [7, 11) is 0. The molecule has 0 aliphatic carbocycles. The summed E-state index contributed by atoms with van der Waals surface area (Å²) >= 11 is 0. The van der Waals surface area contributed by atoms with Crippen molar-refractivity contribution in [1.29, 1.82) is 0 Å². The molecule has 25 heavy (non-hydrogen) atoms. The number of hydrogen-bond donors (Lipinski definition) is 1. The molecule has 136 valence electrons. The van der Waals surface area contributed by atoms with Crippen LogP contribution in [0.2, 0.25) is 0 Å². The second-order valence-electron chi connectivity index (χ2n) is 8.31. The molecular formula is C19H28N4O2. The molecule has 2 aromatic heterocycles. The number of pyridine rings is 1. The SMILES string of the molecule is Cc1nn(C(C)(C)C)c2nc(C(C)C)cc(C(=O)N3CC[C@H](O)C3)c12. The van der Waals surface area contributed by atoms with E-state index in [1.807, 2.05) is 17.7 Å². The van der Waals surface area contributed by atoms with Crippen molar-refractivity contribution in [3.8, 4) is 0 Å². The second-order valence-corrected chi connectivity index (χ2v) is 8.31. The fourth-order valence-electron chi connectivity index (χ4n) is 3.34. The topological polar surface area (TPSA) is 71.2 Å². The number of carbonyl (C=O) groups is 1. The Balaban J connectivity index is 2.23. The first-order valence-electron chi connectivity index (χ1n) is 8.97. The minimum atomic E-state index is -0.427. The highest BCUT2D eigenvalue weighted by atomic mass is 16.3. The summed E-state index contributed by atoms with van der Waals surface area (Å²) in [5, 5.41) is 15.3. The highest BCUT2D eigenvalue weighted by Crippen LogP contribution is 2.30. The van der Waals surface area contributed by atoms with Gasteiger partial charge in [0.2, 0.25) is 0 Å². The minimum absolute atomic E-state index is 0.0394. The van der Waals surface area contributed by atoms with Crippen molar-refractivity contribution in [2.45, 2.75) is 65.5 Å². The molecule has 1 aliphatic heterocycles. The Bertz CT molecular complexity index is 817. The fraction of sp³-hybridized carbons (Fsp3) is 0.632. The van der Waals surface area contributed by atoms with E-state index in [4.69, 9.17) is 4.98 Å². The van der Waals surface area contributed by atoms with Crippen molar-refractivity contribution in [1.82, 2.24) is 19.7 Å². The lowest BCUT2D eigenvalue weighted by molar-refractivity contribution is 0.0766. The zero-order valence-electron chi connectivity index (χ0n) is 16.0. The van der Waals surface area contributed by atoms with Crippen LogP contribution in [-0.2, 0) is 5.54 Å². The van der Waals surface area contributed by atoms with E-state index in [1.165, 1.54) is 0 Å². The van der Waals surface area contributed by atoms with Gasteiger partial charge in [-0.3, -0.25) is 4.79 Å². The maximum absolute atomic E-state index is 13.1. The first kappa shape index (κ1) is 17.9. The first-order chi connectivity index (χ1) is 11.6. The molecule has 0 aromatic carbocycles. The molecule has 1 amide bonds. The van der Waals surface area contributed by atoms with E-state index in [0.29, 0.717) is 25.1 Å². The van der Waals surface area contributed by atoms with Crippen LogP contribution in [0.5, 0.6) is 0 Å². The maximum atomic E-state index is 13.1. The highest BCUT2D eigenvalue weighted by Gasteiger charge is 2.30. The van der Waals surface area contributed by atoms with Crippen LogP contribution in [0.3, 0.4) is 0 Å². The predicted molar refractivity (Wildman–Crippen MR) is 97.9 cm³/mol. The average Bonchev–Trinajstić information content (AvgIpc) is 3.09. The van der Waals surface area contributed by atoms with Gasteiger partial charge >= 0.3 is 0 Å². The van der Waals surface area contributed by atoms with Gasteiger partial charge in [-0.2, -0.15) is 5.10 Å². The molecule has 0 bridgehead atoms. The van der Waals surface area contributed by atoms with Gasteiger partial charge in [0.05, 0.1) is 28.3 Å². The van der Waals surface area contributed by atoms with Crippen LogP contribution in [0, 0.1) is 6.92 Å². The number of fused-ring (bicyclic) bond motifs is 1. The van der Waals surface area contributed by atoms with Crippen LogP contribution in [0.1, 0.15) is 68.7 Å². The third-order valence-electron chi connectivity index (χ3n) is 4.74. The van der Waals surface area contributed by atoms with E-state index in [0.717, 1.165) is 22.4 Å². The number of likely N-dealkylation sites (tertiary alicyclic amines) is 1. The first-order valence-corrected chi connectivity index (χ1v) is 8.97. The molecule has 1 saturated heterocycles. The van der Waals surface area contributed by atoms with Crippen molar-refractivity contribution in [2.24, 2.45) is 0 Å². The molecule has 2 aromatic rings. The van der Waals surface area contributed by atoms with Crippen LogP contribution >= 0.6 is 0 Å². The zero-order valence-corrected chi connectivity index (χ0v) is 16.0. The van der Waals surface area contributed by atoms with Crippen LogP contribution < -0.4 is 0 Å². The standard InChI is InChI=1S/C19H28N4O2/c1-11(2)15-9-14(18(25)22-8-7-13(24)10-22)16-12(3)21-23(17(16)20-15)19(4,5)6/h9,11,13,24H,7-8,10H2,1-6H3/t13-/m0/s1. The van der Waals surface area contributed by atoms with E-state index in [-0.39, 0.29) is 17.4 Å². The quantitative estimate of drug-likeness (QED) is 0.909. The van der Waals surface area contributed by atoms with Gasteiger partial charge in [0, 0.05) is 18.8 Å². The highest BCUT2D eigenvalue weighted by molar-refractivity contribution is 6.06. The van der Waals surface area contributed by atoms with Crippen molar-refractivity contribution in [3.05, 3.63) is 23.0 Å². The largest absolute Gasteiger partial charge is 0.391 e. The fourth-order valence-corrected chi connectivity index (χ4v) is 3.34. The summed E-state index contributed by atoms with van der Waals surface area (Å²) in [6, 6.07) is 1.90. The number of aryl methyl sites for hydroxylation is 1. The third kappa shape index (κ3) is 3.15. The van der Waals surface area contributed by atoms with Crippen molar-refractivity contribution in [2.75, 3.05) is 13.1 Å². The van der Waals surface area contributed by atoms with Gasteiger partial charge in [-0.25, -0.2) is 9.67 Å². The Morgan fingerprint density at radius 1 is 1.36 bits per heavy atom. The summed E-state index contributed by atoms with van der Waals surface area (Å²) in [5.74, 6) is 0.172. The monoisotopic (exact) mass is 344 g/mol. The summed E-state index contributed by atoms with van der Waals surface area (Å²) in [5.41, 5.74) is 2.89. The number of rotatable bonds is 2. The van der Waals surface area contributed by atoms with Gasteiger partial charge in [0.1, 0.15) is 0 Å². The lowest BCUT2D eigenvalue weighted by atomic mass is 10.0. The van der Waals surface area contributed by atoms with Crippen LogP contribution in [-0.4, -0.2) is 49.9 Å². The molecule has 3 heterocycles. The van der Waals surface area contributed by atoms with E-state index < -0.39 is 6.10 Å². The van der Waals surface area contributed by atoms with Gasteiger partial charge in [0.15, 0.2) is 5.65 Å². The molecule has 3 rings (SSSR count). The molecule has 0 radical (unpaired) electrons. The lowest BCUT2D eigenvalue weighted by Gasteiger charge is -2.21. The normalized spacial score (nSPS) is 18.6. The van der Waals surface area contributed by atoms with Crippen LogP contribution in [0.25, 0.3) is 11.0 Å². The molecular weight excluding hydrogens is 316 g/mol. The molecule has 0 spiro atoms. The Morgan fingerprint density at radius 3 is 2.56 bits per heavy atom. The van der Waals surface area contributed by atoms with Crippen LogP contribution in [0.15, 0.2) is 6.07 Å². The number of hydrogen-bond acceptors (Lipinski definition) is 4. The average molecular weight is 344 g/mol. The summed E-state index contributed by atoms with van der Waals surface area (Å²) in [6.45, 7) is 13.3. The van der Waals surface area contributed by atoms with E-state index in [1.54, 1.807) is 4.90 Å². The molecule has 0 saturated carbocycles. The van der Waals surface area contributed by atoms with Crippen molar-refractivity contribution in [3.63, 3.8) is 0 Å². The van der Waals surface area contributed by atoms with Gasteiger partial charge in [0.25, 0.3) is 5.91 Å². The number of nitrogens with zero attached hydrogens (tertiary/aromatic N) is 4. The van der Waals surface area contributed by atoms with Crippen LogP contribution in [0.4, 0.5) is 0 Å². The predicted octanol–water partition coefficient (Wildman–Crippen LogP) is 2.82. The number of β-amino-alcohol motifs (C(OH)–C–C–N with tert-alkyl or cyclic N) is 1. The number of aliphatic hydroxyl groups excluding tert-OH is 1. The number of aliphatic hydroxyl groups is 1. The molecule has 1 atom stereocenters. The summed E-state index contributed by atoms with van der Waals surface area (Å²) in [6.07, 6.45) is 0.210. The van der Waals surface area contributed by atoms with Gasteiger partial charge in [-0.1, -0.05) is 13.8 Å². The smallest absolute Gasteiger partial charge is 0.254 e. The zero-order chi connectivity index (χ0) is 18.5. The molecule has 6 heteroatoms. The summed E-state index contributed by atoms with van der Waals surface area (Å²) < 4.78 is 1.92. The summed E-state index contributed by atoms with van der Waals surface area (Å²) in [4.78, 5) is 19.7. The maximum Gasteiger partial charge on any atom is 0.254 e. The Kier molecular flexibility index (Phi) is 4.35. The molecule has 1 N–H and O–H groups in total. The van der Waals surface area contributed by atoms with Gasteiger partial charge in [-0.15, -0.1) is 0 Å². The lowest BCUT2D eigenvalue weighted by Crippen LogP contribution is -2.30. The molecule has 0 unspecified atom stereocenters. The number of carbonyl (C=O) groups excluding carboxylic acids is 1. The molecule has 1 aliphatic rings. The van der Waals surface area contributed by atoms with Gasteiger partial charge in [-0.05, 0) is 46.1 Å². The number of aromatic nitrogens is 3. The van der Waals surface area contributed by atoms with Gasteiger partial charge < -0.3 is 10.0 Å². The number of amides is 1. The van der Waals surface area contributed by atoms with Crippen molar-refractivity contribution >= 4 is 16.9 Å².